The summed E-state index contributed by atoms with van der Waals surface area (Å²) in [7, 11) is 0. The van der Waals surface area contributed by atoms with Gasteiger partial charge in [0.2, 0.25) is 0 Å². The monoisotopic (exact) mass is 807 g/mol. The predicted molar refractivity (Wildman–Crippen MR) is 257 cm³/mol. The first kappa shape index (κ1) is 58.5. The van der Waals surface area contributed by atoms with E-state index < -0.39 is 5.97 Å². The van der Waals surface area contributed by atoms with Crippen LogP contribution in [0.2, 0.25) is 0 Å². The summed E-state index contributed by atoms with van der Waals surface area (Å²) in [5.41, 5.74) is 0. The smallest absolute Gasteiger partial charge is 0.306 e. The molecule has 0 aromatic carbocycles. The molecule has 0 radical (unpaired) electrons. The Bertz CT molecular complexity index is 676. The maximum Gasteiger partial charge on any atom is 0.306 e. The number of carboxylic acids is 1. The van der Waals surface area contributed by atoms with Crippen molar-refractivity contribution in [3.63, 3.8) is 0 Å². The lowest BCUT2D eigenvalue weighted by molar-refractivity contribution is -0.142. The molecule has 0 amide bonds. The molecule has 0 fully saturated rings. The normalized spacial score (nSPS) is 11.9. The lowest BCUT2D eigenvalue weighted by Crippen LogP contribution is -2.13. The Kier molecular flexibility index (Phi) is 56.9. The first-order chi connectivity index (χ1) is 28.1. The van der Waals surface area contributed by atoms with Gasteiger partial charge in [0.25, 0.3) is 0 Å². The Morgan fingerprint density at radius 1 is 0.281 bits per heavy atom. The fraction of sp³-hybridized carbons (Fsp3) is 0.981. The molecule has 0 bridgehead atoms. The van der Waals surface area contributed by atoms with Gasteiger partial charge in [0.1, 0.15) is 0 Å². The van der Waals surface area contributed by atoms with Crippen LogP contribution in [0, 0.1) is 5.92 Å². The molecule has 0 aliphatic heterocycles. The van der Waals surface area contributed by atoms with Gasteiger partial charge < -0.3 is 10.2 Å². The van der Waals surface area contributed by atoms with Crippen LogP contribution in [0.5, 0.6) is 0 Å². The number of unbranched alkanes of at least 4 members (excludes halogenated alkanes) is 43. The molecule has 0 aliphatic rings. The van der Waals surface area contributed by atoms with E-state index in [0.29, 0.717) is 6.61 Å². The van der Waals surface area contributed by atoms with E-state index in [-0.39, 0.29) is 5.92 Å². The summed E-state index contributed by atoms with van der Waals surface area (Å²) < 4.78 is 0. The Balaban J connectivity index is 0. The predicted octanol–water partition coefficient (Wildman–Crippen LogP) is 19.5. The number of rotatable bonds is 49. The van der Waals surface area contributed by atoms with Gasteiger partial charge >= 0.3 is 5.97 Å². The van der Waals surface area contributed by atoms with Crippen LogP contribution in [0.25, 0.3) is 0 Å². The van der Waals surface area contributed by atoms with Gasteiger partial charge in [-0.15, -0.1) is 0 Å². The number of hydrogen-bond donors (Lipinski definition) is 2. The number of carbonyl (C=O) groups is 1. The Hall–Kier alpha value is -0.570. The van der Waals surface area contributed by atoms with E-state index in [4.69, 9.17) is 5.11 Å². The third kappa shape index (κ3) is 55.4. The summed E-state index contributed by atoms with van der Waals surface area (Å²) in [6, 6.07) is 0. The number of aliphatic hydroxyl groups is 1. The molecule has 1 unspecified atom stereocenters. The maximum atomic E-state index is 11.7. The van der Waals surface area contributed by atoms with E-state index in [1.54, 1.807) is 0 Å². The molecule has 0 spiro atoms. The van der Waals surface area contributed by atoms with Gasteiger partial charge in [0, 0.05) is 6.61 Å². The van der Waals surface area contributed by atoms with Gasteiger partial charge in [-0.05, 0) is 19.3 Å². The molecular weight excluding hydrogens is 697 g/mol. The molecule has 2 N–H and O–H groups in total. The molecular formula is C54H110O3. The van der Waals surface area contributed by atoms with Crippen molar-refractivity contribution in [2.24, 2.45) is 5.92 Å². The fourth-order valence-electron chi connectivity index (χ4n) is 8.58. The van der Waals surface area contributed by atoms with E-state index in [1.165, 1.54) is 276 Å². The summed E-state index contributed by atoms with van der Waals surface area (Å²) in [5.74, 6) is -0.653. The molecule has 3 heteroatoms. The van der Waals surface area contributed by atoms with Crippen molar-refractivity contribution in [2.45, 2.75) is 329 Å². The largest absolute Gasteiger partial charge is 0.481 e. The zero-order chi connectivity index (χ0) is 41.8. The van der Waals surface area contributed by atoms with Crippen molar-refractivity contribution < 1.29 is 15.0 Å². The minimum atomic E-state index is -0.555. The van der Waals surface area contributed by atoms with Crippen LogP contribution in [0.15, 0.2) is 0 Å². The maximum absolute atomic E-state index is 11.7. The third-order valence-electron chi connectivity index (χ3n) is 12.7. The minimum absolute atomic E-state index is 0.0982. The van der Waals surface area contributed by atoms with Crippen LogP contribution in [-0.4, -0.2) is 22.8 Å². The summed E-state index contributed by atoms with van der Waals surface area (Å²) in [5, 5.41) is 18.3. The highest BCUT2D eigenvalue weighted by atomic mass is 16.4. The number of aliphatic hydroxyl groups excluding tert-OH is 1. The molecule has 0 aromatic rings. The first-order valence-corrected chi connectivity index (χ1v) is 27.0. The highest BCUT2D eigenvalue weighted by Crippen LogP contribution is 2.21. The van der Waals surface area contributed by atoms with Gasteiger partial charge in [0.05, 0.1) is 5.92 Å². The highest BCUT2D eigenvalue weighted by molar-refractivity contribution is 5.69. The molecule has 0 aromatic heterocycles. The SMILES string of the molecule is CCCCCCCCCCCCCCCCCCC(CCCCCCCCCCCCCCCC)C(=O)O.CCCCCCCCCCCCCCCCCCO. The topological polar surface area (TPSA) is 57.5 Å². The molecule has 344 valence electrons. The quantitative estimate of drug-likeness (QED) is 0.0602. The van der Waals surface area contributed by atoms with E-state index in [9.17, 15) is 9.90 Å². The zero-order valence-electron chi connectivity index (χ0n) is 40.0. The number of aliphatic carboxylic acids is 1. The van der Waals surface area contributed by atoms with Crippen LogP contribution in [0.4, 0.5) is 0 Å². The molecule has 0 rings (SSSR count). The number of carboxylic acid groups (broad SMARTS) is 1. The Morgan fingerprint density at radius 3 is 0.596 bits per heavy atom. The molecule has 0 aliphatic carbocycles. The van der Waals surface area contributed by atoms with Crippen LogP contribution >= 0.6 is 0 Å². The van der Waals surface area contributed by atoms with Gasteiger partial charge in [-0.1, -0.05) is 310 Å². The van der Waals surface area contributed by atoms with E-state index in [2.05, 4.69) is 20.8 Å². The van der Waals surface area contributed by atoms with Gasteiger partial charge in [-0.3, -0.25) is 4.79 Å². The van der Waals surface area contributed by atoms with E-state index in [1.807, 2.05) is 0 Å². The molecule has 0 saturated carbocycles. The fourth-order valence-corrected chi connectivity index (χ4v) is 8.58. The van der Waals surface area contributed by atoms with E-state index >= 15 is 0 Å². The van der Waals surface area contributed by atoms with Crippen molar-refractivity contribution in [3.8, 4) is 0 Å². The van der Waals surface area contributed by atoms with Crippen LogP contribution in [0.1, 0.15) is 329 Å². The lowest BCUT2D eigenvalue weighted by atomic mass is 9.94. The first-order valence-electron chi connectivity index (χ1n) is 27.0. The van der Waals surface area contributed by atoms with Crippen LogP contribution < -0.4 is 0 Å². The van der Waals surface area contributed by atoms with Crippen molar-refractivity contribution in [2.75, 3.05) is 6.61 Å². The number of hydrogen-bond acceptors (Lipinski definition) is 2. The van der Waals surface area contributed by atoms with E-state index in [0.717, 1.165) is 32.1 Å². The van der Waals surface area contributed by atoms with Crippen molar-refractivity contribution in [1.29, 1.82) is 0 Å². The molecule has 57 heavy (non-hydrogen) atoms. The second kappa shape index (κ2) is 55.4. The average Bonchev–Trinajstić information content (AvgIpc) is 3.21. The summed E-state index contributed by atoms with van der Waals surface area (Å²) in [4.78, 5) is 11.7. The molecule has 3 nitrogen and oxygen atoms in total. The lowest BCUT2D eigenvalue weighted by Gasteiger charge is -2.12. The third-order valence-corrected chi connectivity index (χ3v) is 12.7. The average molecular weight is 807 g/mol. The van der Waals surface area contributed by atoms with Crippen LogP contribution in [0.3, 0.4) is 0 Å². The van der Waals surface area contributed by atoms with Gasteiger partial charge in [-0.2, -0.15) is 0 Å². The van der Waals surface area contributed by atoms with Crippen LogP contribution in [-0.2, 0) is 4.79 Å². The summed E-state index contributed by atoms with van der Waals surface area (Å²) in [6.07, 6.45) is 65.0. The van der Waals surface area contributed by atoms with Crippen molar-refractivity contribution >= 4 is 5.97 Å². The Labute approximate surface area is 361 Å². The zero-order valence-corrected chi connectivity index (χ0v) is 40.0. The highest BCUT2D eigenvalue weighted by Gasteiger charge is 2.16. The molecule has 1 atom stereocenters. The second-order valence-electron chi connectivity index (χ2n) is 18.5. The standard InChI is InChI=1S/C36H72O2.C18H38O/c1-3-5-7-9-11-13-15-17-19-20-22-24-26-28-30-32-34-35(36(37)38)33-31-29-27-25-23-21-18-16-14-12-10-8-6-4-2;1-2-3-4-5-6-7-8-9-10-11-12-13-14-15-16-17-18-19/h35H,3-34H2,1-2H3,(H,37,38);19H,2-18H2,1H3. The molecule has 0 heterocycles. The van der Waals surface area contributed by atoms with Gasteiger partial charge in [-0.25, -0.2) is 0 Å². The molecule has 0 saturated heterocycles. The van der Waals surface area contributed by atoms with Crippen molar-refractivity contribution in [3.05, 3.63) is 0 Å². The summed E-state index contributed by atoms with van der Waals surface area (Å²) in [6.45, 7) is 7.23. The van der Waals surface area contributed by atoms with Crippen molar-refractivity contribution in [1.82, 2.24) is 0 Å². The Morgan fingerprint density at radius 2 is 0.439 bits per heavy atom. The summed E-state index contributed by atoms with van der Waals surface area (Å²) >= 11 is 0. The minimum Gasteiger partial charge on any atom is -0.481 e. The second-order valence-corrected chi connectivity index (χ2v) is 18.5. The van der Waals surface area contributed by atoms with Gasteiger partial charge in [0.15, 0.2) is 0 Å².